The van der Waals surface area contributed by atoms with Crippen molar-refractivity contribution >= 4 is 5.78 Å². The van der Waals surface area contributed by atoms with Crippen LogP contribution in [-0.2, 0) is 0 Å². The summed E-state index contributed by atoms with van der Waals surface area (Å²) in [5.74, 6) is -0.169. The highest BCUT2D eigenvalue weighted by Crippen LogP contribution is 2.19. The normalized spacial score (nSPS) is 10.7. The molecule has 1 N–H and O–H groups in total. The van der Waals surface area contributed by atoms with E-state index in [-0.39, 0.29) is 24.1 Å². The standard InChI is InChI=1S/C12H16FNO/c1-8(2)10-6-9(4-5-11(10)13)12(15)7-14-3/h4-6,8,14H,7H2,1-3H3. The number of halogens is 1. The first-order chi connectivity index (χ1) is 7.06. The summed E-state index contributed by atoms with van der Waals surface area (Å²) in [7, 11) is 1.71. The van der Waals surface area contributed by atoms with Gasteiger partial charge in [0.15, 0.2) is 5.78 Å². The number of hydrogen-bond acceptors (Lipinski definition) is 2. The lowest BCUT2D eigenvalue weighted by Gasteiger charge is -2.09. The molecule has 0 aliphatic heterocycles. The van der Waals surface area contributed by atoms with E-state index in [0.29, 0.717) is 11.1 Å². The molecule has 0 aliphatic rings. The van der Waals surface area contributed by atoms with Gasteiger partial charge in [0.25, 0.3) is 0 Å². The van der Waals surface area contributed by atoms with Crippen LogP contribution in [0.5, 0.6) is 0 Å². The molecule has 0 spiro atoms. The number of carbonyl (C=O) groups excluding carboxylic acids is 1. The zero-order valence-corrected chi connectivity index (χ0v) is 9.30. The van der Waals surface area contributed by atoms with Crippen molar-refractivity contribution in [3.8, 4) is 0 Å². The Bertz CT molecular complexity index is 361. The lowest BCUT2D eigenvalue weighted by atomic mass is 9.98. The Labute approximate surface area is 89.5 Å². The Kier molecular flexibility index (Phi) is 3.97. The summed E-state index contributed by atoms with van der Waals surface area (Å²) >= 11 is 0. The molecule has 0 atom stereocenters. The van der Waals surface area contributed by atoms with Crippen molar-refractivity contribution in [3.05, 3.63) is 35.1 Å². The van der Waals surface area contributed by atoms with Crippen molar-refractivity contribution < 1.29 is 9.18 Å². The van der Waals surface area contributed by atoms with Gasteiger partial charge in [-0.05, 0) is 36.7 Å². The van der Waals surface area contributed by atoms with Crippen LogP contribution in [0.4, 0.5) is 4.39 Å². The van der Waals surface area contributed by atoms with Gasteiger partial charge in [-0.25, -0.2) is 4.39 Å². The fourth-order valence-corrected chi connectivity index (χ4v) is 1.42. The topological polar surface area (TPSA) is 29.1 Å². The van der Waals surface area contributed by atoms with E-state index in [1.165, 1.54) is 12.1 Å². The molecule has 1 rings (SSSR count). The van der Waals surface area contributed by atoms with E-state index in [9.17, 15) is 9.18 Å². The molecule has 1 aromatic carbocycles. The number of benzene rings is 1. The average Bonchev–Trinajstić information content (AvgIpc) is 2.18. The molecule has 82 valence electrons. The zero-order valence-electron chi connectivity index (χ0n) is 9.30. The van der Waals surface area contributed by atoms with Crippen LogP contribution in [0.2, 0.25) is 0 Å². The van der Waals surface area contributed by atoms with Gasteiger partial charge in [0, 0.05) is 5.56 Å². The molecule has 0 fully saturated rings. The lowest BCUT2D eigenvalue weighted by Crippen LogP contribution is -2.18. The molecule has 0 saturated carbocycles. The number of likely N-dealkylation sites (N-methyl/N-ethyl adjacent to an activating group) is 1. The van der Waals surface area contributed by atoms with Crippen molar-refractivity contribution in [3.63, 3.8) is 0 Å². The van der Waals surface area contributed by atoms with E-state index in [1.54, 1.807) is 13.1 Å². The second kappa shape index (κ2) is 5.03. The van der Waals surface area contributed by atoms with Crippen LogP contribution >= 0.6 is 0 Å². The quantitative estimate of drug-likeness (QED) is 0.771. The van der Waals surface area contributed by atoms with Gasteiger partial charge in [-0.15, -0.1) is 0 Å². The fourth-order valence-electron chi connectivity index (χ4n) is 1.42. The van der Waals surface area contributed by atoms with E-state index in [0.717, 1.165) is 0 Å². The molecule has 0 unspecified atom stereocenters. The Morgan fingerprint density at radius 3 is 2.67 bits per heavy atom. The predicted octanol–water partition coefficient (Wildman–Crippen LogP) is 2.35. The summed E-state index contributed by atoms with van der Waals surface area (Å²) < 4.78 is 13.3. The molecular formula is C12H16FNO. The smallest absolute Gasteiger partial charge is 0.176 e. The molecule has 3 heteroatoms. The predicted molar refractivity (Wildman–Crippen MR) is 58.7 cm³/mol. The van der Waals surface area contributed by atoms with Crippen LogP contribution in [0, 0.1) is 5.82 Å². The molecule has 0 aromatic heterocycles. The summed E-state index contributed by atoms with van der Waals surface area (Å²) in [6, 6.07) is 4.53. The van der Waals surface area contributed by atoms with Crippen LogP contribution in [0.15, 0.2) is 18.2 Å². The van der Waals surface area contributed by atoms with Crippen molar-refractivity contribution in [2.24, 2.45) is 0 Å². The Morgan fingerprint density at radius 1 is 1.47 bits per heavy atom. The first-order valence-corrected chi connectivity index (χ1v) is 5.03. The maximum absolute atomic E-state index is 13.3. The summed E-state index contributed by atoms with van der Waals surface area (Å²) in [5.41, 5.74) is 1.16. The van der Waals surface area contributed by atoms with E-state index >= 15 is 0 Å². The molecular weight excluding hydrogens is 193 g/mol. The molecule has 0 radical (unpaired) electrons. The van der Waals surface area contributed by atoms with Gasteiger partial charge in [-0.3, -0.25) is 4.79 Å². The number of rotatable bonds is 4. The molecule has 0 amide bonds. The van der Waals surface area contributed by atoms with Crippen LogP contribution in [0.25, 0.3) is 0 Å². The average molecular weight is 209 g/mol. The van der Waals surface area contributed by atoms with Crippen molar-refractivity contribution in [1.82, 2.24) is 5.32 Å². The van der Waals surface area contributed by atoms with E-state index < -0.39 is 0 Å². The van der Waals surface area contributed by atoms with Gasteiger partial charge in [-0.2, -0.15) is 0 Å². The summed E-state index contributed by atoms with van der Waals surface area (Å²) in [6.07, 6.45) is 0. The zero-order chi connectivity index (χ0) is 11.4. The van der Waals surface area contributed by atoms with Gasteiger partial charge in [0.2, 0.25) is 0 Å². The second-order valence-electron chi connectivity index (χ2n) is 3.84. The SMILES string of the molecule is CNCC(=O)c1ccc(F)c(C(C)C)c1. The van der Waals surface area contributed by atoms with Gasteiger partial charge < -0.3 is 5.32 Å². The summed E-state index contributed by atoms with van der Waals surface area (Å²) in [6.45, 7) is 4.10. The third kappa shape index (κ3) is 2.86. The number of ketones is 1. The number of Topliss-reactive ketones (excluding diaryl/α,β-unsaturated/α-hetero) is 1. The largest absolute Gasteiger partial charge is 0.313 e. The molecule has 0 saturated heterocycles. The first kappa shape index (κ1) is 11.9. The van der Waals surface area contributed by atoms with Crippen LogP contribution in [-0.4, -0.2) is 19.4 Å². The van der Waals surface area contributed by atoms with Gasteiger partial charge in [-0.1, -0.05) is 13.8 Å². The Morgan fingerprint density at radius 2 is 2.13 bits per heavy atom. The molecule has 0 heterocycles. The van der Waals surface area contributed by atoms with Crippen LogP contribution in [0.1, 0.15) is 35.7 Å². The molecule has 2 nitrogen and oxygen atoms in total. The second-order valence-corrected chi connectivity index (χ2v) is 3.84. The highest BCUT2D eigenvalue weighted by Gasteiger charge is 2.11. The highest BCUT2D eigenvalue weighted by molar-refractivity contribution is 5.97. The Hall–Kier alpha value is -1.22. The maximum Gasteiger partial charge on any atom is 0.176 e. The number of nitrogens with one attached hydrogen (secondary N) is 1. The third-order valence-electron chi connectivity index (χ3n) is 2.28. The number of hydrogen-bond donors (Lipinski definition) is 1. The monoisotopic (exact) mass is 209 g/mol. The van der Waals surface area contributed by atoms with E-state index in [4.69, 9.17) is 0 Å². The lowest BCUT2D eigenvalue weighted by molar-refractivity contribution is 0.0993. The van der Waals surface area contributed by atoms with Gasteiger partial charge in [0.1, 0.15) is 5.82 Å². The molecule has 0 bridgehead atoms. The molecule has 1 aromatic rings. The van der Waals surface area contributed by atoms with Crippen molar-refractivity contribution in [2.75, 3.05) is 13.6 Å². The Balaban J connectivity index is 3.02. The highest BCUT2D eigenvalue weighted by atomic mass is 19.1. The van der Waals surface area contributed by atoms with Gasteiger partial charge >= 0.3 is 0 Å². The van der Waals surface area contributed by atoms with Crippen molar-refractivity contribution in [2.45, 2.75) is 19.8 Å². The first-order valence-electron chi connectivity index (χ1n) is 5.03. The molecule has 15 heavy (non-hydrogen) atoms. The minimum atomic E-state index is -0.244. The third-order valence-corrected chi connectivity index (χ3v) is 2.28. The maximum atomic E-state index is 13.3. The van der Waals surface area contributed by atoms with E-state index in [1.807, 2.05) is 13.8 Å². The van der Waals surface area contributed by atoms with Gasteiger partial charge in [0.05, 0.1) is 6.54 Å². The minimum absolute atomic E-state index is 0.0144. The molecule has 0 aliphatic carbocycles. The number of carbonyl (C=O) groups is 1. The summed E-state index contributed by atoms with van der Waals surface area (Å²) in [4.78, 5) is 11.5. The summed E-state index contributed by atoms with van der Waals surface area (Å²) in [5, 5.41) is 2.79. The fraction of sp³-hybridized carbons (Fsp3) is 0.417. The van der Waals surface area contributed by atoms with Crippen LogP contribution < -0.4 is 5.32 Å². The van der Waals surface area contributed by atoms with Crippen molar-refractivity contribution in [1.29, 1.82) is 0 Å². The van der Waals surface area contributed by atoms with Crippen LogP contribution in [0.3, 0.4) is 0 Å². The minimum Gasteiger partial charge on any atom is -0.313 e. The van der Waals surface area contributed by atoms with E-state index in [2.05, 4.69) is 5.32 Å².